The zero-order chi connectivity index (χ0) is 14.8. The molecule has 1 unspecified atom stereocenters. The fourth-order valence-corrected chi connectivity index (χ4v) is 1.42. The molecule has 0 aliphatic carbocycles. The number of esters is 1. The van der Waals surface area contributed by atoms with E-state index < -0.39 is 24.0 Å². The van der Waals surface area contributed by atoms with Crippen molar-refractivity contribution in [3.8, 4) is 0 Å². The molecule has 0 heterocycles. The Kier molecular flexibility index (Phi) is 8.52. The molecule has 0 aromatic heterocycles. The van der Waals surface area contributed by atoms with Crippen LogP contribution in [0.1, 0.15) is 27.2 Å². The fourth-order valence-electron chi connectivity index (χ4n) is 1.42. The summed E-state index contributed by atoms with van der Waals surface area (Å²) in [5, 5.41) is 4.79. The monoisotopic (exact) mass is 274 g/mol. The number of carbonyl (C=O) groups is 3. The molecule has 0 spiro atoms. The van der Waals surface area contributed by atoms with E-state index in [0.29, 0.717) is 6.42 Å². The van der Waals surface area contributed by atoms with Gasteiger partial charge in [0.25, 0.3) is 0 Å². The fraction of sp³-hybridized carbons (Fsp3) is 0.750. The molecule has 0 aromatic carbocycles. The van der Waals surface area contributed by atoms with Crippen molar-refractivity contribution in [2.24, 2.45) is 5.92 Å². The first kappa shape index (κ1) is 17.4. The second kappa shape index (κ2) is 9.32. The molecule has 0 aliphatic rings. The molecule has 1 atom stereocenters. The maximum Gasteiger partial charge on any atom is 0.413 e. The van der Waals surface area contributed by atoms with E-state index in [1.54, 1.807) is 6.92 Å². The first-order valence-electron chi connectivity index (χ1n) is 6.18. The van der Waals surface area contributed by atoms with Gasteiger partial charge in [-0.3, -0.25) is 20.2 Å². The van der Waals surface area contributed by atoms with Gasteiger partial charge in [-0.1, -0.05) is 13.8 Å². The van der Waals surface area contributed by atoms with E-state index in [4.69, 9.17) is 0 Å². The minimum Gasteiger partial charge on any atom is -0.468 e. The van der Waals surface area contributed by atoms with Crippen LogP contribution in [0.15, 0.2) is 0 Å². The molecule has 0 fully saturated rings. The summed E-state index contributed by atoms with van der Waals surface area (Å²) in [6, 6.07) is -0.571. The van der Waals surface area contributed by atoms with Gasteiger partial charge in [-0.2, -0.15) is 0 Å². The van der Waals surface area contributed by atoms with Gasteiger partial charge in [-0.15, -0.1) is 0 Å². The molecule has 0 bridgehead atoms. The molecule has 110 valence electrons. The average molecular weight is 274 g/mol. The second-order valence-electron chi connectivity index (χ2n) is 4.35. The van der Waals surface area contributed by atoms with Crippen molar-refractivity contribution in [2.45, 2.75) is 33.2 Å². The van der Waals surface area contributed by atoms with E-state index in [1.807, 2.05) is 19.2 Å². The Bertz CT molecular complexity index is 317. The zero-order valence-electron chi connectivity index (χ0n) is 11.8. The number of amides is 2. The van der Waals surface area contributed by atoms with Crippen LogP contribution in [0.4, 0.5) is 4.79 Å². The van der Waals surface area contributed by atoms with Crippen LogP contribution in [-0.4, -0.2) is 44.3 Å². The zero-order valence-corrected chi connectivity index (χ0v) is 11.8. The topological polar surface area (TPSA) is 93.7 Å². The largest absolute Gasteiger partial charge is 0.468 e. The molecule has 0 aromatic rings. The van der Waals surface area contributed by atoms with Crippen molar-refractivity contribution < 1.29 is 23.9 Å². The summed E-state index contributed by atoms with van der Waals surface area (Å²) in [6.07, 6.45) is -0.257. The Morgan fingerprint density at radius 1 is 1.21 bits per heavy atom. The molecular weight excluding hydrogens is 252 g/mol. The van der Waals surface area contributed by atoms with Crippen molar-refractivity contribution in [1.82, 2.24) is 10.6 Å². The highest BCUT2D eigenvalue weighted by atomic mass is 16.5. The van der Waals surface area contributed by atoms with Crippen molar-refractivity contribution in [3.63, 3.8) is 0 Å². The molecule has 7 heteroatoms. The number of carbonyl (C=O) groups excluding carboxylic acids is 3. The second-order valence-corrected chi connectivity index (χ2v) is 4.35. The molecule has 19 heavy (non-hydrogen) atoms. The maximum absolute atomic E-state index is 11.5. The van der Waals surface area contributed by atoms with Gasteiger partial charge in [0.2, 0.25) is 5.91 Å². The molecule has 0 aliphatic heterocycles. The number of hydrogen-bond acceptors (Lipinski definition) is 6. The van der Waals surface area contributed by atoms with Crippen LogP contribution in [0.25, 0.3) is 0 Å². The van der Waals surface area contributed by atoms with E-state index in [2.05, 4.69) is 14.8 Å². The van der Waals surface area contributed by atoms with Gasteiger partial charge in [-0.05, 0) is 19.3 Å². The third-order valence-corrected chi connectivity index (χ3v) is 2.22. The molecule has 0 saturated heterocycles. The molecular formula is C12H22N2O5. The van der Waals surface area contributed by atoms with Crippen LogP contribution >= 0.6 is 0 Å². The summed E-state index contributed by atoms with van der Waals surface area (Å²) in [5.41, 5.74) is 0. The van der Waals surface area contributed by atoms with Gasteiger partial charge in [0.15, 0.2) is 0 Å². The van der Waals surface area contributed by atoms with E-state index in [9.17, 15) is 14.4 Å². The third-order valence-electron chi connectivity index (χ3n) is 2.22. The van der Waals surface area contributed by atoms with Gasteiger partial charge in [0.05, 0.1) is 20.3 Å². The molecule has 0 rings (SSSR count). The van der Waals surface area contributed by atoms with E-state index in [-0.39, 0.29) is 19.1 Å². The lowest BCUT2D eigenvalue weighted by molar-refractivity contribution is -0.143. The Hall–Kier alpha value is -1.63. The number of hydrogen-bond donors (Lipinski definition) is 2. The van der Waals surface area contributed by atoms with Crippen LogP contribution in [0.2, 0.25) is 0 Å². The number of ether oxygens (including phenoxy) is 2. The van der Waals surface area contributed by atoms with Crippen molar-refractivity contribution in [2.75, 3.05) is 20.3 Å². The minimum atomic E-state index is -0.798. The molecule has 7 nitrogen and oxygen atoms in total. The lowest BCUT2D eigenvalue weighted by Crippen LogP contribution is -2.45. The first-order valence-corrected chi connectivity index (χ1v) is 6.18. The first-order chi connectivity index (χ1) is 8.90. The van der Waals surface area contributed by atoms with Gasteiger partial charge < -0.3 is 9.47 Å². The van der Waals surface area contributed by atoms with Crippen LogP contribution in [0.3, 0.4) is 0 Å². The molecule has 2 N–H and O–H groups in total. The smallest absolute Gasteiger partial charge is 0.413 e. The normalized spacial score (nSPS) is 11.8. The van der Waals surface area contributed by atoms with Crippen molar-refractivity contribution >= 4 is 18.0 Å². The van der Waals surface area contributed by atoms with E-state index in [1.165, 1.54) is 7.11 Å². The van der Waals surface area contributed by atoms with Crippen LogP contribution in [0.5, 0.6) is 0 Å². The summed E-state index contributed by atoms with van der Waals surface area (Å²) < 4.78 is 9.20. The summed E-state index contributed by atoms with van der Waals surface area (Å²) in [6.45, 7) is 5.57. The van der Waals surface area contributed by atoms with Gasteiger partial charge in [-0.25, -0.2) is 4.79 Å². The minimum absolute atomic E-state index is 0.161. The van der Waals surface area contributed by atoms with Crippen LogP contribution < -0.4 is 10.6 Å². The Morgan fingerprint density at radius 2 is 1.84 bits per heavy atom. The summed E-state index contributed by atoms with van der Waals surface area (Å²) in [7, 11) is 1.29. The lowest BCUT2D eigenvalue weighted by Gasteiger charge is -2.17. The standard InChI is InChI=1S/C12H22N2O5/c1-5-19-12(17)14-10(15)7-13-9(6-8(2)3)11(16)18-4/h8-9,13H,5-7H2,1-4H3,(H,14,15,17). The Balaban J connectivity index is 4.20. The third kappa shape index (κ3) is 8.15. The highest BCUT2D eigenvalue weighted by Crippen LogP contribution is 2.05. The lowest BCUT2D eigenvalue weighted by atomic mass is 10.0. The van der Waals surface area contributed by atoms with Crippen molar-refractivity contribution in [3.05, 3.63) is 0 Å². The highest BCUT2D eigenvalue weighted by Gasteiger charge is 2.21. The molecule has 2 amide bonds. The summed E-state index contributed by atoms with van der Waals surface area (Å²) in [5.74, 6) is -0.724. The average Bonchev–Trinajstić information content (AvgIpc) is 2.33. The highest BCUT2D eigenvalue weighted by molar-refractivity contribution is 5.93. The van der Waals surface area contributed by atoms with Crippen molar-refractivity contribution in [1.29, 1.82) is 0 Å². The predicted octanol–water partition coefficient (Wildman–Crippen LogP) is 0.436. The number of rotatable bonds is 7. The number of alkyl carbamates (subject to hydrolysis) is 1. The van der Waals surface area contributed by atoms with Crippen LogP contribution in [0, 0.1) is 5.92 Å². The molecule has 0 radical (unpaired) electrons. The summed E-state index contributed by atoms with van der Waals surface area (Å²) in [4.78, 5) is 33.9. The van der Waals surface area contributed by atoms with E-state index in [0.717, 1.165) is 0 Å². The SMILES string of the molecule is CCOC(=O)NC(=O)CNC(CC(C)C)C(=O)OC. The van der Waals surface area contributed by atoms with Crippen LogP contribution in [-0.2, 0) is 19.1 Å². The molecule has 0 saturated carbocycles. The van der Waals surface area contributed by atoms with E-state index >= 15 is 0 Å². The van der Waals surface area contributed by atoms with Gasteiger partial charge in [0.1, 0.15) is 6.04 Å². The quantitative estimate of drug-likeness (QED) is 0.654. The number of imide groups is 1. The Morgan fingerprint density at radius 3 is 2.32 bits per heavy atom. The summed E-state index contributed by atoms with van der Waals surface area (Å²) >= 11 is 0. The predicted molar refractivity (Wildman–Crippen MR) is 68.4 cm³/mol. The van der Waals surface area contributed by atoms with Gasteiger partial charge >= 0.3 is 12.1 Å². The Labute approximate surface area is 113 Å². The number of nitrogens with one attached hydrogen (secondary N) is 2. The number of methoxy groups -OCH3 is 1. The maximum atomic E-state index is 11.5. The van der Waals surface area contributed by atoms with Gasteiger partial charge in [0, 0.05) is 0 Å².